The maximum atomic E-state index is 13.0. The Morgan fingerprint density at radius 2 is 2.00 bits per heavy atom. The summed E-state index contributed by atoms with van der Waals surface area (Å²) in [6.45, 7) is 1.68. The van der Waals surface area contributed by atoms with Gasteiger partial charge in [0.25, 0.3) is 11.5 Å². The number of nitrogens with zero attached hydrogens (tertiary/aromatic N) is 5. The molecule has 0 saturated carbocycles. The van der Waals surface area contributed by atoms with Gasteiger partial charge in [-0.25, -0.2) is 4.98 Å². The van der Waals surface area contributed by atoms with Crippen molar-refractivity contribution in [1.29, 1.82) is 0 Å². The summed E-state index contributed by atoms with van der Waals surface area (Å²) in [6, 6.07) is 14.4. The van der Waals surface area contributed by atoms with Crippen LogP contribution in [0.1, 0.15) is 11.4 Å². The molecule has 8 nitrogen and oxygen atoms in total. The van der Waals surface area contributed by atoms with E-state index in [9.17, 15) is 9.59 Å². The van der Waals surface area contributed by atoms with Crippen LogP contribution in [0.2, 0.25) is 0 Å². The number of amides is 1. The third-order valence-electron chi connectivity index (χ3n) is 4.30. The van der Waals surface area contributed by atoms with Gasteiger partial charge in [0.15, 0.2) is 0 Å². The van der Waals surface area contributed by atoms with Crippen LogP contribution in [0.15, 0.2) is 63.5 Å². The number of ether oxygens (including phenoxy) is 1. The number of methoxy groups -OCH3 is 1. The van der Waals surface area contributed by atoms with Crippen molar-refractivity contribution in [2.45, 2.75) is 6.92 Å². The predicted molar refractivity (Wildman–Crippen MR) is 114 cm³/mol. The number of aryl methyl sites for hydroxylation is 1. The Morgan fingerprint density at radius 3 is 2.83 bits per heavy atom. The van der Waals surface area contributed by atoms with E-state index in [-0.39, 0.29) is 17.2 Å². The van der Waals surface area contributed by atoms with Crippen LogP contribution in [0.3, 0.4) is 0 Å². The van der Waals surface area contributed by atoms with Crippen LogP contribution in [0.4, 0.5) is 0 Å². The van der Waals surface area contributed by atoms with Crippen LogP contribution in [-0.4, -0.2) is 39.8 Å². The van der Waals surface area contributed by atoms with E-state index in [2.05, 4.69) is 15.2 Å². The predicted octanol–water partition coefficient (Wildman–Crippen LogP) is 2.32. The van der Waals surface area contributed by atoms with Crippen molar-refractivity contribution >= 4 is 40.0 Å². The van der Waals surface area contributed by atoms with Crippen LogP contribution < -0.4 is 15.3 Å². The van der Waals surface area contributed by atoms with Gasteiger partial charge in [-0.15, -0.1) is 5.10 Å². The molecule has 0 aliphatic carbocycles. The standard InChI is InChI=1S/C20H17N5O3S/c1-13-22-17-9-4-3-8-16(17)19(27)24(13)25-18(26)12-29-20(25)23-21-11-14-6-5-7-15(10-14)28-2/h3-11H,12H2,1-2H3/b21-11+,23-20-. The lowest BCUT2D eigenvalue weighted by Crippen LogP contribution is -2.47. The van der Waals surface area contributed by atoms with E-state index in [0.717, 1.165) is 5.56 Å². The third kappa shape index (κ3) is 3.64. The van der Waals surface area contributed by atoms with Crippen LogP contribution in [0, 0.1) is 6.92 Å². The summed E-state index contributed by atoms with van der Waals surface area (Å²) in [5.41, 5.74) is 1.06. The second kappa shape index (κ2) is 7.88. The average Bonchev–Trinajstić information content (AvgIpc) is 3.08. The molecular weight excluding hydrogens is 390 g/mol. The molecule has 0 N–H and O–H groups in total. The smallest absolute Gasteiger partial charge is 0.280 e. The molecule has 9 heteroatoms. The molecule has 1 fully saturated rings. The average molecular weight is 407 g/mol. The van der Waals surface area contributed by atoms with Gasteiger partial charge in [0.05, 0.1) is 30.0 Å². The maximum absolute atomic E-state index is 13.0. The Hall–Kier alpha value is -3.46. The van der Waals surface area contributed by atoms with E-state index in [1.165, 1.54) is 21.4 Å². The molecule has 4 rings (SSSR count). The number of carbonyl (C=O) groups is 1. The SMILES string of the molecule is COc1cccc(/C=N/N=C2\SCC(=O)N2n2c(C)nc3ccccc3c2=O)c1. The first-order chi connectivity index (χ1) is 14.1. The van der Waals surface area contributed by atoms with Crippen molar-refractivity contribution in [3.63, 3.8) is 0 Å². The van der Waals surface area contributed by atoms with E-state index < -0.39 is 0 Å². The Labute approximate surface area is 170 Å². The molecule has 29 heavy (non-hydrogen) atoms. The Kier molecular flexibility index (Phi) is 5.13. The summed E-state index contributed by atoms with van der Waals surface area (Å²) in [5, 5.41) is 10.2. The molecular formula is C20H17N5O3S. The molecule has 0 radical (unpaired) electrons. The summed E-state index contributed by atoms with van der Waals surface area (Å²) in [6.07, 6.45) is 1.56. The number of aromatic nitrogens is 2. The highest BCUT2D eigenvalue weighted by molar-refractivity contribution is 8.15. The zero-order valence-corrected chi connectivity index (χ0v) is 16.6. The number of fused-ring (bicyclic) bond motifs is 1. The molecule has 1 saturated heterocycles. The van der Waals surface area contributed by atoms with Crippen LogP contribution in [0.5, 0.6) is 5.75 Å². The molecule has 1 aliphatic rings. The lowest BCUT2D eigenvalue weighted by molar-refractivity contribution is -0.116. The minimum absolute atomic E-state index is 0.173. The minimum atomic E-state index is -0.326. The van der Waals surface area contributed by atoms with Gasteiger partial charge in [-0.3, -0.25) is 9.59 Å². The van der Waals surface area contributed by atoms with Gasteiger partial charge in [-0.1, -0.05) is 36.0 Å². The number of benzene rings is 2. The monoisotopic (exact) mass is 407 g/mol. The van der Waals surface area contributed by atoms with Crippen LogP contribution in [-0.2, 0) is 4.79 Å². The molecule has 0 atom stereocenters. The second-order valence-corrected chi connectivity index (χ2v) is 7.13. The lowest BCUT2D eigenvalue weighted by atomic mass is 10.2. The number of carbonyl (C=O) groups excluding carboxylic acids is 1. The van der Waals surface area contributed by atoms with Gasteiger partial charge in [0.1, 0.15) is 11.6 Å². The van der Waals surface area contributed by atoms with Crippen LogP contribution in [0.25, 0.3) is 10.9 Å². The van der Waals surface area contributed by atoms with E-state index in [1.807, 2.05) is 30.3 Å². The van der Waals surface area contributed by atoms with E-state index in [0.29, 0.717) is 27.6 Å². The van der Waals surface area contributed by atoms with Gasteiger partial charge >= 0.3 is 0 Å². The van der Waals surface area contributed by atoms with Crippen molar-refractivity contribution < 1.29 is 9.53 Å². The summed E-state index contributed by atoms with van der Waals surface area (Å²) >= 11 is 1.22. The van der Waals surface area contributed by atoms with Crippen molar-refractivity contribution in [2.24, 2.45) is 10.2 Å². The largest absolute Gasteiger partial charge is 0.497 e. The topological polar surface area (TPSA) is 89.2 Å². The zero-order chi connectivity index (χ0) is 20.4. The fraction of sp³-hybridized carbons (Fsp3) is 0.150. The number of hydrogen-bond acceptors (Lipinski definition) is 7. The Morgan fingerprint density at radius 1 is 1.17 bits per heavy atom. The first-order valence-electron chi connectivity index (χ1n) is 8.78. The number of thioether (sulfide) groups is 1. The van der Waals surface area contributed by atoms with Crippen molar-refractivity contribution in [2.75, 3.05) is 17.9 Å². The highest BCUT2D eigenvalue weighted by atomic mass is 32.2. The van der Waals surface area contributed by atoms with E-state index >= 15 is 0 Å². The molecule has 146 valence electrons. The lowest BCUT2D eigenvalue weighted by Gasteiger charge is -2.20. The van der Waals surface area contributed by atoms with Gasteiger partial charge in [0.2, 0.25) is 5.17 Å². The van der Waals surface area contributed by atoms with Crippen molar-refractivity contribution in [1.82, 2.24) is 9.66 Å². The molecule has 0 bridgehead atoms. The molecule has 0 unspecified atom stereocenters. The Bertz CT molecular complexity index is 1220. The molecule has 1 aromatic heterocycles. The number of rotatable bonds is 4. The minimum Gasteiger partial charge on any atom is -0.497 e. The highest BCUT2D eigenvalue weighted by Gasteiger charge is 2.32. The van der Waals surface area contributed by atoms with Gasteiger partial charge in [-0.2, -0.15) is 14.8 Å². The summed E-state index contributed by atoms with van der Waals surface area (Å²) in [5.74, 6) is 1.02. The molecule has 1 aliphatic heterocycles. The molecule has 0 spiro atoms. The maximum Gasteiger partial charge on any atom is 0.280 e. The molecule has 3 aromatic rings. The Balaban J connectivity index is 1.72. The van der Waals surface area contributed by atoms with E-state index in [1.54, 1.807) is 38.4 Å². The highest BCUT2D eigenvalue weighted by Crippen LogP contribution is 2.19. The normalized spacial score (nSPS) is 15.7. The van der Waals surface area contributed by atoms with Gasteiger partial charge in [-0.05, 0) is 36.8 Å². The third-order valence-corrected chi connectivity index (χ3v) is 5.21. The molecule has 2 heterocycles. The summed E-state index contributed by atoms with van der Waals surface area (Å²) in [7, 11) is 1.59. The first kappa shape index (κ1) is 18.9. The second-order valence-electron chi connectivity index (χ2n) is 6.19. The fourth-order valence-corrected chi connectivity index (χ4v) is 3.75. The number of hydrogen-bond donors (Lipinski definition) is 0. The van der Waals surface area contributed by atoms with Crippen molar-refractivity contribution in [3.05, 3.63) is 70.3 Å². The fourth-order valence-electron chi connectivity index (χ4n) is 2.96. The van der Waals surface area contributed by atoms with Crippen molar-refractivity contribution in [3.8, 4) is 5.75 Å². The summed E-state index contributed by atoms with van der Waals surface area (Å²) in [4.78, 5) is 30.0. The molecule has 1 amide bonds. The molecule has 2 aromatic carbocycles. The van der Waals surface area contributed by atoms with Gasteiger partial charge in [0, 0.05) is 0 Å². The van der Waals surface area contributed by atoms with Crippen LogP contribution >= 0.6 is 11.8 Å². The summed E-state index contributed by atoms with van der Waals surface area (Å²) < 4.78 is 6.44. The van der Waals surface area contributed by atoms with Gasteiger partial charge < -0.3 is 4.74 Å². The zero-order valence-electron chi connectivity index (χ0n) is 15.8. The first-order valence-corrected chi connectivity index (χ1v) is 9.76. The number of para-hydroxylation sites is 1. The van der Waals surface area contributed by atoms with E-state index in [4.69, 9.17) is 4.74 Å². The quantitative estimate of drug-likeness (QED) is 0.489. The number of amidine groups is 1.